The Hall–Kier alpha value is -1.56. The summed E-state index contributed by atoms with van der Waals surface area (Å²) in [4.78, 5) is 0. The van der Waals surface area contributed by atoms with Crippen molar-refractivity contribution in [1.29, 1.82) is 0 Å². The summed E-state index contributed by atoms with van der Waals surface area (Å²) >= 11 is 0. The van der Waals surface area contributed by atoms with E-state index in [0.717, 1.165) is 142 Å². The Morgan fingerprint density at radius 3 is 0.544 bits per heavy atom. The van der Waals surface area contributed by atoms with E-state index in [-0.39, 0.29) is 17.1 Å². The lowest BCUT2D eigenvalue weighted by molar-refractivity contribution is 0.151. The minimum absolute atomic E-state index is 0. The molecule has 0 aromatic rings. The lowest BCUT2D eigenvalue weighted by atomic mass is 9.68. The molecule has 12 rings (SSSR count). The molecule has 125 heavy (non-hydrogen) atoms. The van der Waals surface area contributed by atoms with Crippen LogP contribution in [0.2, 0.25) is 0 Å². The molecule has 0 aliphatic heterocycles. The summed E-state index contributed by atoms with van der Waals surface area (Å²) < 4.78 is 0. The molecule has 0 unspecified atom stereocenters. The minimum Gasteiger partial charge on any atom is -0.0883 e. The number of hydrogen-bond acceptors (Lipinski definition) is 0. The first-order chi connectivity index (χ1) is 61.4. The molecule has 0 heteroatoms. The van der Waals surface area contributed by atoms with E-state index in [9.17, 15) is 0 Å². The highest BCUT2D eigenvalue weighted by Crippen LogP contribution is 2.50. The summed E-state index contributed by atoms with van der Waals surface area (Å²) in [6.07, 6.45) is 143. The first-order valence-corrected chi connectivity index (χ1v) is 59.4. The quantitative estimate of drug-likeness (QED) is 0.0423. The molecule has 0 aromatic heterocycles. The third kappa shape index (κ3) is 47.0. The van der Waals surface area contributed by atoms with Crippen molar-refractivity contribution in [3.63, 3.8) is 0 Å². The Bertz CT molecular complexity index is 2620. The molecule has 0 aromatic carbocycles. The molecule has 0 bridgehead atoms. The minimum atomic E-state index is 0. The molecule has 12 fully saturated rings. The van der Waals surface area contributed by atoms with Crippen molar-refractivity contribution in [2.45, 2.75) is 577 Å². The fraction of sp³-hybridized carbons (Fsp3) is 0.904. The van der Waals surface area contributed by atoms with Crippen molar-refractivity contribution in [3.8, 4) is 0 Å². The molecule has 0 radical (unpaired) electrons. The van der Waals surface area contributed by atoms with Crippen LogP contribution in [-0.4, -0.2) is 0 Å². The lowest BCUT2D eigenvalue weighted by Crippen LogP contribution is -2.25. The molecule has 0 N–H and O–H groups in total. The van der Waals surface area contributed by atoms with Crippen LogP contribution < -0.4 is 0 Å². The molecule has 12 saturated carbocycles. The van der Waals surface area contributed by atoms with E-state index in [1.54, 1.807) is 103 Å². The van der Waals surface area contributed by atoms with Crippen molar-refractivity contribution in [1.82, 2.24) is 0 Å². The highest BCUT2D eigenvalue weighted by molar-refractivity contribution is 4.99. The summed E-state index contributed by atoms with van der Waals surface area (Å²) in [5.41, 5.74) is 0. The molecule has 12 aliphatic rings. The van der Waals surface area contributed by atoms with Gasteiger partial charge in [0.1, 0.15) is 0 Å². The van der Waals surface area contributed by atoms with Gasteiger partial charge in [-0.05, 0) is 412 Å². The van der Waals surface area contributed by atoms with E-state index in [0.29, 0.717) is 0 Å². The van der Waals surface area contributed by atoms with Crippen LogP contribution in [0.5, 0.6) is 0 Å². The molecule has 0 heterocycles. The van der Waals surface area contributed by atoms with E-state index in [2.05, 4.69) is 156 Å². The molecule has 750 valence electrons. The summed E-state index contributed by atoms with van der Waals surface area (Å²) in [6, 6.07) is 0. The number of rotatable bonds is 41. The van der Waals surface area contributed by atoms with Gasteiger partial charge in [-0.1, -0.05) is 381 Å². The second-order valence-corrected chi connectivity index (χ2v) is 46.7. The summed E-state index contributed by atoms with van der Waals surface area (Å²) in [5.74, 6) is 24.8. The summed E-state index contributed by atoms with van der Waals surface area (Å²) in [7, 11) is 0. The monoisotopic (exact) mass is 1750 g/mol. The van der Waals surface area contributed by atoms with Gasteiger partial charge >= 0.3 is 0 Å². The standard InChI is InChI=1S/2C22H40.2C21H38.C20H36.C19H34.12H2/c1-3-5-7-8-10-20-13-17-22(18-14-20)21-15-11-19(12-16-21)9-6-4-2;1-3-5-7-9-19-11-15-21(16-12-19)22-17-13-20(14-18-22)10-8-6-4-2;1-3-5-6-7-9-19-12-16-21(17-13-19)20-14-10-18(8-4-2)11-15-20;1-3-5-7-9-19-12-16-21(17-13-19)20-14-10-18(11-15-20)8-6-4-2;1-3-5-6-7-8-18-11-15-20(16-12-18)19-13-9-17(4-2)10-14-19;1-3-4-5-6-7-17-10-14-19(15-11-17)18-12-8-16(2)9-13-18;;;;;;;;;;;;/h8,10,19-22H,3-7,9,11-18H2,1-2H3;7,9,19-22H,3-6,8,10-18H2,1-2H3;2*7,9,18-21H,3-6,8,10-17H2,1-2H3;7-8,17-20H,3-6,9-16H2,1-2H3;6-7,16-19H,3-5,8-15H2,1-2H3;12*1H/b10-8+;3*9-7+;8-7+;7-6+;;;;;;;;;;;;. The zero-order valence-electron chi connectivity index (χ0n) is 87.2. The van der Waals surface area contributed by atoms with Crippen LogP contribution in [0, 0.1) is 142 Å². The Morgan fingerprint density at radius 2 is 0.344 bits per heavy atom. The van der Waals surface area contributed by atoms with Gasteiger partial charge in [-0.25, -0.2) is 0 Å². The Kier molecular flexibility index (Phi) is 62.8. The molecule has 12 aliphatic carbocycles. The largest absolute Gasteiger partial charge is 0.0883 e. The first kappa shape index (κ1) is 110. The fourth-order valence-corrected chi connectivity index (χ4v) is 27.9. The van der Waals surface area contributed by atoms with Gasteiger partial charge in [0, 0.05) is 17.1 Å². The van der Waals surface area contributed by atoms with Crippen molar-refractivity contribution < 1.29 is 17.1 Å². The average molecular weight is 1750 g/mol. The van der Waals surface area contributed by atoms with Gasteiger partial charge in [0.2, 0.25) is 0 Å². The van der Waals surface area contributed by atoms with Crippen molar-refractivity contribution in [2.24, 2.45) is 142 Å². The smallest absolute Gasteiger partial charge is 0 e. The Balaban J connectivity index is -0.000000370. The lowest BCUT2D eigenvalue weighted by Gasteiger charge is -2.37. The molecule has 0 spiro atoms. The summed E-state index contributed by atoms with van der Waals surface area (Å²) in [6.45, 7) is 27.8. The van der Waals surface area contributed by atoms with Crippen molar-refractivity contribution in [3.05, 3.63) is 72.9 Å². The number of unbranched alkanes of at least 4 members (excludes halogenated alkanes) is 14. The second kappa shape index (κ2) is 71.0. The van der Waals surface area contributed by atoms with Crippen LogP contribution in [-0.2, 0) is 0 Å². The Morgan fingerprint density at radius 1 is 0.160 bits per heavy atom. The highest BCUT2D eigenvalue weighted by Gasteiger charge is 2.37. The van der Waals surface area contributed by atoms with Gasteiger partial charge in [-0.15, -0.1) is 0 Å². The van der Waals surface area contributed by atoms with Gasteiger partial charge in [0.25, 0.3) is 0 Å². The van der Waals surface area contributed by atoms with E-state index in [1.807, 2.05) is 0 Å². The van der Waals surface area contributed by atoms with E-state index < -0.39 is 0 Å². The van der Waals surface area contributed by atoms with Crippen LogP contribution in [0.25, 0.3) is 0 Å². The SMILES string of the molecule is CCC/C=C/C1CCC(C2CCC(CCCC)CC2)CC1.CCC/C=C/C1CCC(C2CCC(CCCCC)CC2)CC1.CCCC/C=C/C1CCC(C2CCC(C)CC2)CC1.CCCC/C=C/C1CCC(C2CCC(CC)CC2)CC1.CCCC/C=C/C1CCC(C2CCC(CCC)CC2)CC1.CCCC/C=C/C1CCC(C2CCC(CCCC)CC2)CC1.[HH].[HH].[HH].[HH].[HH].[HH].[HH].[HH].[HH].[HH].[HH].[HH]. The van der Waals surface area contributed by atoms with Gasteiger partial charge < -0.3 is 0 Å². The van der Waals surface area contributed by atoms with Crippen LogP contribution in [0.4, 0.5) is 0 Å². The third-order valence-electron chi connectivity index (χ3n) is 37.1. The maximum Gasteiger partial charge on any atom is 0 e. The zero-order chi connectivity index (χ0) is 88.8. The molecule has 0 atom stereocenters. The molecule has 0 saturated heterocycles. The van der Waals surface area contributed by atoms with Gasteiger partial charge in [0.05, 0.1) is 0 Å². The first-order valence-electron chi connectivity index (χ1n) is 59.4. The molecule has 0 amide bonds. The van der Waals surface area contributed by atoms with Crippen molar-refractivity contribution in [2.75, 3.05) is 0 Å². The predicted octanol–water partition coefficient (Wildman–Crippen LogP) is 45.4. The normalized spacial score (nSPS) is 34.6. The van der Waals surface area contributed by atoms with Gasteiger partial charge in [0.15, 0.2) is 0 Å². The van der Waals surface area contributed by atoms with Gasteiger partial charge in [-0.2, -0.15) is 0 Å². The molecular weight excluding hydrogens is 1500 g/mol. The number of hydrogen-bond donors (Lipinski definition) is 0. The van der Waals surface area contributed by atoms with E-state index in [4.69, 9.17) is 0 Å². The molecule has 0 nitrogen and oxygen atoms in total. The maximum absolute atomic E-state index is 2.55. The van der Waals surface area contributed by atoms with Crippen molar-refractivity contribution >= 4 is 0 Å². The second-order valence-electron chi connectivity index (χ2n) is 46.7. The third-order valence-corrected chi connectivity index (χ3v) is 37.1. The summed E-state index contributed by atoms with van der Waals surface area (Å²) in [5, 5.41) is 0. The Labute approximate surface area is 805 Å². The van der Waals surface area contributed by atoms with Gasteiger partial charge in [-0.3, -0.25) is 0 Å². The van der Waals surface area contributed by atoms with Crippen LogP contribution >= 0.6 is 0 Å². The zero-order valence-corrected chi connectivity index (χ0v) is 87.2. The fourth-order valence-electron chi connectivity index (χ4n) is 27.9. The highest BCUT2D eigenvalue weighted by atomic mass is 14.4. The topological polar surface area (TPSA) is 0 Å². The van der Waals surface area contributed by atoms with E-state index >= 15 is 0 Å². The predicted molar refractivity (Wildman–Crippen MR) is 588 cm³/mol. The van der Waals surface area contributed by atoms with Crippen LogP contribution in [0.1, 0.15) is 595 Å². The maximum atomic E-state index is 2.55. The average Bonchev–Trinajstić information content (AvgIpc) is 0.851. The number of allylic oxidation sites excluding steroid dienone is 12. The van der Waals surface area contributed by atoms with Crippen LogP contribution in [0.15, 0.2) is 72.9 Å². The van der Waals surface area contributed by atoms with Crippen LogP contribution in [0.3, 0.4) is 0 Å². The molecular formula is C125H250. The van der Waals surface area contributed by atoms with E-state index in [1.165, 1.54) is 392 Å².